The zero-order valence-corrected chi connectivity index (χ0v) is 15.3. The van der Waals surface area contributed by atoms with Gasteiger partial charge in [0.25, 0.3) is 0 Å². The van der Waals surface area contributed by atoms with Crippen LogP contribution in [-0.2, 0) is 0 Å². The molecule has 128 valence electrons. The number of para-hydroxylation sites is 1. The summed E-state index contributed by atoms with van der Waals surface area (Å²) >= 11 is 6.04. The van der Waals surface area contributed by atoms with Gasteiger partial charge in [0.05, 0.1) is 11.5 Å². The van der Waals surface area contributed by atoms with Gasteiger partial charge in [-0.25, -0.2) is 4.58 Å². The Kier molecular flexibility index (Phi) is 4.63. The summed E-state index contributed by atoms with van der Waals surface area (Å²) in [5, 5.41) is 3.16. The molecule has 0 N–H and O–H groups in total. The minimum Gasteiger partial charge on any atom is -0.456 e. The predicted octanol–water partition coefficient (Wildman–Crippen LogP) is 5.49. The van der Waals surface area contributed by atoms with Gasteiger partial charge < -0.3 is 4.42 Å². The molecule has 0 saturated heterocycles. The van der Waals surface area contributed by atoms with Gasteiger partial charge in [0.15, 0.2) is 6.04 Å². The first-order valence-corrected chi connectivity index (χ1v) is 9.45. The average molecular weight is 353 g/mol. The summed E-state index contributed by atoms with van der Waals surface area (Å²) < 4.78 is 8.65. The summed E-state index contributed by atoms with van der Waals surface area (Å²) in [7, 11) is 2.23. The number of hydrogen-bond acceptors (Lipinski definition) is 1. The smallest absolute Gasteiger partial charge is 0.214 e. The minimum atomic E-state index is 0.609. The van der Waals surface area contributed by atoms with Gasteiger partial charge in [0.1, 0.15) is 18.4 Å². The van der Waals surface area contributed by atoms with Crippen molar-refractivity contribution in [3.63, 3.8) is 0 Å². The van der Waals surface area contributed by atoms with E-state index in [0.29, 0.717) is 6.04 Å². The van der Waals surface area contributed by atoms with Crippen molar-refractivity contribution in [3.8, 4) is 11.3 Å². The molecular formula is C22H23ClNO+. The maximum Gasteiger partial charge on any atom is 0.214 e. The molecule has 3 heteroatoms. The zero-order valence-electron chi connectivity index (χ0n) is 14.5. The second-order valence-electron chi connectivity index (χ2n) is 6.90. The Morgan fingerprint density at radius 1 is 0.960 bits per heavy atom. The fourth-order valence-electron chi connectivity index (χ4n) is 3.83. The second-order valence-corrected chi connectivity index (χ2v) is 7.34. The van der Waals surface area contributed by atoms with Crippen LogP contribution in [0, 0.1) is 0 Å². The number of halogens is 1. The summed E-state index contributed by atoms with van der Waals surface area (Å²) in [6.45, 7) is 0. The van der Waals surface area contributed by atoms with Crippen molar-refractivity contribution in [1.82, 2.24) is 4.58 Å². The van der Waals surface area contributed by atoms with Crippen molar-refractivity contribution in [2.75, 3.05) is 7.05 Å². The molecule has 1 saturated carbocycles. The highest BCUT2D eigenvalue weighted by atomic mass is 35.5. The predicted molar refractivity (Wildman–Crippen MR) is 105 cm³/mol. The maximum atomic E-state index is 6.20. The molecule has 3 aromatic rings. The van der Waals surface area contributed by atoms with Crippen molar-refractivity contribution in [2.45, 2.75) is 38.1 Å². The van der Waals surface area contributed by atoms with Gasteiger partial charge in [-0.05, 0) is 49.2 Å². The van der Waals surface area contributed by atoms with Crippen LogP contribution in [0.25, 0.3) is 22.3 Å². The number of nitrogens with zero attached hydrogens (tertiary/aromatic N) is 1. The lowest BCUT2D eigenvalue weighted by atomic mass is 9.95. The third kappa shape index (κ3) is 3.36. The van der Waals surface area contributed by atoms with Crippen LogP contribution < -0.4 is 9.93 Å². The van der Waals surface area contributed by atoms with Crippen molar-refractivity contribution in [3.05, 3.63) is 65.0 Å². The summed E-state index contributed by atoms with van der Waals surface area (Å²) in [6, 6.07) is 18.9. The van der Waals surface area contributed by atoms with Crippen molar-refractivity contribution in [2.24, 2.45) is 0 Å². The van der Waals surface area contributed by atoms with E-state index in [1.165, 1.54) is 42.8 Å². The lowest BCUT2D eigenvalue weighted by Gasteiger charge is -2.18. The lowest BCUT2D eigenvalue weighted by Crippen LogP contribution is -2.37. The van der Waals surface area contributed by atoms with E-state index in [0.717, 1.165) is 21.9 Å². The summed E-state index contributed by atoms with van der Waals surface area (Å²) in [6.07, 6.45) is 6.56. The molecule has 0 amide bonds. The molecular weight excluding hydrogens is 330 g/mol. The van der Waals surface area contributed by atoms with Gasteiger partial charge in [-0.2, -0.15) is 0 Å². The minimum absolute atomic E-state index is 0.609. The molecule has 2 aromatic carbocycles. The van der Waals surface area contributed by atoms with Crippen molar-refractivity contribution >= 4 is 22.6 Å². The Morgan fingerprint density at radius 3 is 2.44 bits per heavy atom. The van der Waals surface area contributed by atoms with E-state index in [1.54, 1.807) is 0 Å². The van der Waals surface area contributed by atoms with E-state index in [2.05, 4.69) is 29.8 Å². The van der Waals surface area contributed by atoms with E-state index in [4.69, 9.17) is 16.0 Å². The molecule has 1 fully saturated rings. The highest BCUT2D eigenvalue weighted by molar-refractivity contribution is 6.30. The quantitative estimate of drug-likeness (QED) is 0.557. The van der Waals surface area contributed by atoms with Crippen LogP contribution in [0.15, 0.2) is 59.0 Å². The first-order chi connectivity index (χ1) is 12.2. The molecule has 4 rings (SSSR count). The Morgan fingerprint density at radius 2 is 1.68 bits per heavy atom. The number of rotatable bonds is 2. The third-order valence-corrected chi connectivity index (χ3v) is 5.53. The largest absolute Gasteiger partial charge is 0.456 e. The van der Waals surface area contributed by atoms with Gasteiger partial charge in [0, 0.05) is 23.4 Å². The molecule has 25 heavy (non-hydrogen) atoms. The molecule has 1 aliphatic rings. The highest BCUT2D eigenvalue weighted by Gasteiger charge is 2.22. The average Bonchev–Trinajstić information content (AvgIpc) is 2.68. The van der Waals surface area contributed by atoms with Crippen LogP contribution in [-0.4, -0.2) is 13.1 Å². The lowest BCUT2D eigenvalue weighted by molar-refractivity contribution is 0.355. The summed E-state index contributed by atoms with van der Waals surface area (Å²) in [5.74, 6) is 0.882. The molecule has 0 bridgehead atoms. The second kappa shape index (κ2) is 7.05. The van der Waals surface area contributed by atoms with E-state index >= 15 is 0 Å². The molecule has 0 radical (unpaired) electrons. The fourth-order valence-corrected chi connectivity index (χ4v) is 3.96. The van der Waals surface area contributed by atoms with Crippen LogP contribution >= 0.6 is 11.6 Å². The van der Waals surface area contributed by atoms with Crippen LogP contribution in [0.4, 0.5) is 0 Å². The van der Waals surface area contributed by atoms with Crippen LogP contribution in [0.2, 0.25) is 5.02 Å². The van der Waals surface area contributed by atoms with Gasteiger partial charge >= 0.3 is 0 Å². The van der Waals surface area contributed by atoms with Crippen molar-refractivity contribution in [1.29, 1.82) is 0 Å². The molecule has 2 nitrogen and oxygen atoms in total. The van der Waals surface area contributed by atoms with E-state index < -0.39 is 0 Å². The summed E-state index contributed by atoms with van der Waals surface area (Å²) in [5.41, 5.74) is 1.97. The topological polar surface area (TPSA) is 16.1 Å². The first kappa shape index (κ1) is 16.4. The van der Waals surface area contributed by atoms with Gasteiger partial charge in [-0.3, -0.25) is 0 Å². The standard InChI is InChI=1S/C22H23ClNO/c1-24(18-7-3-2-4-8-18)20-15-22(16-11-13-17(23)14-12-16)25-21-10-6-5-9-19(20)21/h5-6,9-15,18H,2-4,7-8H2,1H3/q+1. The monoisotopic (exact) mass is 352 g/mol. The molecule has 0 aliphatic heterocycles. The highest BCUT2D eigenvalue weighted by Crippen LogP contribution is 2.24. The van der Waals surface area contributed by atoms with Crippen LogP contribution in [0.3, 0.4) is 0 Å². The maximum absolute atomic E-state index is 6.20. The Labute approximate surface area is 153 Å². The van der Waals surface area contributed by atoms with Gasteiger partial charge in [-0.15, -0.1) is 0 Å². The first-order valence-electron chi connectivity index (χ1n) is 9.07. The van der Waals surface area contributed by atoms with Gasteiger partial charge in [-0.1, -0.05) is 30.2 Å². The van der Waals surface area contributed by atoms with E-state index in [-0.39, 0.29) is 0 Å². The van der Waals surface area contributed by atoms with Crippen LogP contribution in [0.1, 0.15) is 32.1 Å². The molecule has 1 aliphatic carbocycles. The fraction of sp³-hybridized carbons (Fsp3) is 0.318. The Bertz CT molecular complexity index is 950. The van der Waals surface area contributed by atoms with Crippen molar-refractivity contribution < 1.29 is 4.42 Å². The normalized spacial score (nSPS) is 16.9. The SMILES string of the molecule is C[N+](=c1cc(-c2ccc(Cl)cc2)oc2ccccc12)C1CCCCC1. The van der Waals surface area contributed by atoms with E-state index in [1.807, 2.05) is 36.4 Å². The zero-order chi connectivity index (χ0) is 17.2. The molecule has 1 aromatic heterocycles. The molecule has 0 atom stereocenters. The number of benzene rings is 2. The summed E-state index contributed by atoms with van der Waals surface area (Å²) in [4.78, 5) is 0. The van der Waals surface area contributed by atoms with Crippen LogP contribution in [0.5, 0.6) is 0 Å². The number of hydrogen-bond donors (Lipinski definition) is 0. The molecule has 0 spiro atoms. The van der Waals surface area contributed by atoms with E-state index in [9.17, 15) is 0 Å². The van der Waals surface area contributed by atoms with Gasteiger partial charge in [0.2, 0.25) is 5.36 Å². The Hall–Kier alpha value is -2.06. The number of fused-ring (bicyclic) bond motifs is 1. The molecule has 1 heterocycles. The third-order valence-electron chi connectivity index (χ3n) is 5.28. The molecule has 0 unspecified atom stereocenters. The Balaban J connectivity index is 1.94.